The molecule has 3 nitrogen and oxygen atoms in total. The van der Waals surface area contributed by atoms with Gasteiger partial charge in [0.25, 0.3) is 5.91 Å². The number of likely N-dealkylation sites (tertiary alicyclic amines) is 1. The predicted octanol–water partition coefficient (Wildman–Crippen LogP) is 3.71. The molecule has 20 heavy (non-hydrogen) atoms. The third-order valence-corrected chi connectivity index (χ3v) is 4.26. The Balaban J connectivity index is 1.89. The highest BCUT2D eigenvalue weighted by Gasteiger charge is 2.20. The fraction of sp³-hybridized carbons (Fsp3) is 0.533. The number of rotatable bonds is 4. The normalized spacial score (nSPS) is 17.1. The van der Waals surface area contributed by atoms with Crippen molar-refractivity contribution in [3.05, 3.63) is 33.3 Å². The van der Waals surface area contributed by atoms with Gasteiger partial charge in [0.1, 0.15) is 0 Å². The van der Waals surface area contributed by atoms with Gasteiger partial charge in [-0.25, -0.2) is 0 Å². The van der Waals surface area contributed by atoms with Gasteiger partial charge >= 0.3 is 0 Å². The van der Waals surface area contributed by atoms with E-state index in [0.717, 1.165) is 36.9 Å². The molecule has 0 spiro atoms. The first-order valence-corrected chi connectivity index (χ1v) is 8.25. The fourth-order valence-electron chi connectivity index (χ4n) is 2.57. The number of carbonyl (C=O) groups excluding carboxylic acids is 1. The standard InChI is InChI=1S/C15H20BrClN2O/c1-2-5-19-6-3-14(4-7-19)18-15(20)11-8-12(16)10-13(17)9-11/h8-10,14H,2-7H2,1H3,(H,18,20). The first kappa shape index (κ1) is 15.8. The molecule has 0 radical (unpaired) electrons. The lowest BCUT2D eigenvalue weighted by atomic mass is 10.0. The number of hydrogen-bond donors (Lipinski definition) is 1. The number of benzene rings is 1. The molecule has 0 saturated carbocycles. The number of amides is 1. The summed E-state index contributed by atoms with van der Waals surface area (Å²) in [6.45, 7) is 5.49. The van der Waals surface area contributed by atoms with Gasteiger partial charge in [-0.2, -0.15) is 0 Å². The van der Waals surface area contributed by atoms with Crippen LogP contribution >= 0.6 is 27.5 Å². The molecule has 2 rings (SSSR count). The van der Waals surface area contributed by atoms with Gasteiger partial charge in [-0.15, -0.1) is 0 Å². The molecule has 110 valence electrons. The van der Waals surface area contributed by atoms with E-state index >= 15 is 0 Å². The van der Waals surface area contributed by atoms with E-state index in [-0.39, 0.29) is 11.9 Å². The van der Waals surface area contributed by atoms with E-state index in [0.29, 0.717) is 10.6 Å². The lowest BCUT2D eigenvalue weighted by Crippen LogP contribution is -2.44. The molecular weight excluding hydrogens is 340 g/mol. The average Bonchev–Trinajstić information content (AvgIpc) is 2.40. The number of hydrogen-bond acceptors (Lipinski definition) is 2. The van der Waals surface area contributed by atoms with E-state index in [1.165, 1.54) is 6.42 Å². The van der Waals surface area contributed by atoms with Crippen LogP contribution in [0.3, 0.4) is 0 Å². The minimum absolute atomic E-state index is 0.0397. The Bertz CT molecular complexity index is 453. The predicted molar refractivity (Wildman–Crippen MR) is 86.4 cm³/mol. The quantitative estimate of drug-likeness (QED) is 0.889. The molecule has 1 heterocycles. The summed E-state index contributed by atoms with van der Waals surface area (Å²) >= 11 is 9.33. The van der Waals surface area contributed by atoms with Gasteiger partial charge in [0.2, 0.25) is 0 Å². The zero-order valence-corrected chi connectivity index (χ0v) is 14.0. The summed E-state index contributed by atoms with van der Waals surface area (Å²) in [5.41, 5.74) is 0.611. The second-order valence-corrected chi connectivity index (χ2v) is 6.60. The Morgan fingerprint density at radius 1 is 1.40 bits per heavy atom. The minimum Gasteiger partial charge on any atom is -0.349 e. The molecule has 5 heteroatoms. The first-order valence-electron chi connectivity index (χ1n) is 7.08. The van der Waals surface area contributed by atoms with E-state index in [9.17, 15) is 4.79 Å². The maximum atomic E-state index is 12.2. The summed E-state index contributed by atoms with van der Waals surface area (Å²) in [5, 5.41) is 3.68. The van der Waals surface area contributed by atoms with Crippen LogP contribution in [-0.4, -0.2) is 36.5 Å². The lowest BCUT2D eigenvalue weighted by molar-refractivity contribution is 0.0911. The molecule has 1 aliphatic rings. The Kier molecular flexibility index (Phi) is 5.87. The Morgan fingerprint density at radius 3 is 2.70 bits per heavy atom. The largest absolute Gasteiger partial charge is 0.349 e. The number of halogens is 2. The summed E-state index contributed by atoms with van der Waals surface area (Å²) in [5.74, 6) is -0.0397. The van der Waals surface area contributed by atoms with Gasteiger partial charge in [-0.1, -0.05) is 34.5 Å². The molecule has 1 N–H and O–H groups in total. The molecule has 0 aliphatic carbocycles. The summed E-state index contributed by atoms with van der Waals surface area (Å²) in [6.07, 6.45) is 3.23. The topological polar surface area (TPSA) is 32.3 Å². The molecule has 0 bridgehead atoms. The highest BCUT2D eigenvalue weighted by Crippen LogP contribution is 2.20. The number of nitrogens with one attached hydrogen (secondary N) is 1. The van der Waals surface area contributed by atoms with Crippen molar-refractivity contribution < 1.29 is 4.79 Å². The van der Waals surface area contributed by atoms with Crippen LogP contribution in [0.4, 0.5) is 0 Å². The van der Waals surface area contributed by atoms with Gasteiger partial charge in [0.05, 0.1) is 0 Å². The zero-order chi connectivity index (χ0) is 14.5. The minimum atomic E-state index is -0.0397. The van der Waals surface area contributed by atoms with Gasteiger partial charge in [-0.05, 0) is 44.0 Å². The van der Waals surface area contributed by atoms with Gasteiger partial charge < -0.3 is 10.2 Å². The number of nitrogens with zero attached hydrogens (tertiary/aromatic N) is 1. The fourth-order valence-corrected chi connectivity index (χ4v) is 3.43. The molecule has 1 aromatic rings. The van der Waals surface area contributed by atoms with Crippen LogP contribution in [0, 0.1) is 0 Å². The van der Waals surface area contributed by atoms with Crippen LogP contribution in [0.25, 0.3) is 0 Å². The van der Waals surface area contributed by atoms with Crippen LogP contribution in [0.5, 0.6) is 0 Å². The van der Waals surface area contributed by atoms with E-state index < -0.39 is 0 Å². The Hall–Kier alpha value is -0.580. The molecule has 1 fully saturated rings. The lowest BCUT2D eigenvalue weighted by Gasteiger charge is -2.32. The van der Waals surface area contributed by atoms with Crippen molar-refractivity contribution in [2.45, 2.75) is 32.2 Å². The summed E-state index contributed by atoms with van der Waals surface area (Å²) < 4.78 is 0.827. The van der Waals surface area contributed by atoms with Crippen molar-refractivity contribution >= 4 is 33.4 Å². The Labute approximate surface area is 133 Å². The van der Waals surface area contributed by atoms with Crippen molar-refractivity contribution in [3.8, 4) is 0 Å². The van der Waals surface area contributed by atoms with Gasteiger partial charge in [-0.3, -0.25) is 4.79 Å². The molecule has 0 atom stereocenters. The van der Waals surface area contributed by atoms with Crippen molar-refractivity contribution in [1.82, 2.24) is 10.2 Å². The maximum absolute atomic E-state index is 12.2. The molecule has 1 aliphatic heterocycles. The molecule has 0 aromatic heterocycles. The molecular formula is C15H20BrClN2O. The first-order chi connectivity index (χ1) is 9.58. The smallest absolute Gasteiger partial charge is 0.251 e. The molecule has 1 saturated heterocycles. The maximum Gasteiger partial charge on any atom is 0.251 e. The van der Waals surface area contributed by atoms with Gasteiger partial charge in [0, 0.05) is 34.2 Å². The Morgan fingerprint density at radius 2 is 2.10 bits per heavy atom. The summed E-state index contributed by atoms with van der Waals surface area (Å²) in [7, 11) is 0. The van der Waals surface area contributed by atoms with Crippen LogP contribution in [0.15, 0.2) is 22.7 Å². The molecule has 1 amide bonds. The SMILES string of the molecule is CCCN1CCC(NC(=O)c2cc(Cl)cc(Br)c2)CC1. The second kappa shape index (κ2) is 7.43. The van der Waals surface area contributed by atoms with E-state index in [4.69, 9.17) is 11.6 Å². The van der Waals surface area contributed by atoms with Crippen molar-refractivity contribution in [2.24, 2.45) is 0 Å². The van der Waals surface area contributed by atoms with E-state index in [2.05, 4.69) is 33.1 Å². The zero-order valence-electron chi connectivity index (χ0n) is 11.7. The summed E-state index contributed by atoms with van der Waals surface area (Å²) in [6, 6.07) is 5.55. The van der Waals surface area contributed by atoms with Crippen molar-refractivity contribution in [2.75, 3.05) is 19.6 Å². The van der Waals surface area contributed by atoms with E-state index in [1.807, 2.05) is 0 Å². The van der Waals surface area contributed by atoms with E-state index in [1.54, 1.807) is 18.2 Å². The summed E-state index contributed by atoms with van der Waals surface area (Å²) in [4.78, 5) is 14.7. The van der Waals surface area contributed by atoms with Crippen molar-refractivity contribution in [3.63, 3.8) is 0 Å². The van der Waals surface area contributed by atoms with Crippen LogP contribution in [0.1, 0.15) is 36.5 Å². The van der Waals surface area contributed by atoms with Crippen LogP contribution in [-0.2, 0) is 0 Å². The highest BCUT2D eigenvalue weighted by atomic mass is 79.9. The third-order valence-electron chi connectivity index (χ3n) is 3.59. The van der Waals surface area contributed by atoms with Gasteiger partial charge in [0.15, 0.2) is 0 Å². The molecule has 1 aromatic carbocycles. The molecule has 0 unspecified atom stereocenters. The average molecular weight is 360 g/mol. The highest BCUT2D eigenvalue weighted by molar-refractivity contribution is 9.10. The number of carbonyl (C=O) groups is 1. The van der Waals surface area contributed by atoms with Crippen LogP contribution in [0.2, 0.25) is 5.02 Å². The monoisotopic (exact) mass is 358 g/mol. The van der Waals surface area contributed by atoms with Crippen LogP contribution < -0.4 is 5.32 Å². The second-order valence-electron chi connectivity index (χ2n) is 5.25. The van der Waals surface area contributed by atoms with Crippen molar-refractivity contribution in [1.29, 1.82) is 0 Å². The third kappa shape index (κ3) is 4.47. The number of piperidine rings is 1.